The van der Waals surface area contributed by atoms with E-state index in [-0.39, 0.29) is 18.6 Å². The second kappa shape index (κ2) is 11.0. The fraction of sp³-hybridized carbons (Fsp3) is 0.480. The monoisotopic (exact) mass is 395 g/mol. The molecule has 3 rings (SSSR count). The van der Waals surface area contributed by atoms with E-state index >= 15 is 0 Å². The van der Waals surface area contributed by atoms with E-state index in [0.29, 0.717) is 6.61 Å². The molecule has 0 aromatic heterocycles. The topological polar surface area (TPSA) is 58.6 Å². The first kappa shape index (κ1) is 21.4. The minimum absolute atomic E-state index is 0.0549. The van der Waals surface area contributed by atoms with E-state index in [9.17, 15) is 9.90 Å². The van der Waals surface area contributed by atoms with E-state index in [2.05, 4.69) is 36.5 Å². The maximum Gasteiger partial charge on any atom is 0.407 e. The minimum atomic E-state index is -0.447. The van der Waals surface area contributed by atoms with Gasteiger partial charge in [0.05, 0.1) is 12.6 Å². The molecule has 1 unspecified atom stereocenters. The summed E-state index contributed by atoms with van der Waals surface area (Å²) in [5.74, 6) is 0.0549. The standard InChI is InChI=1S/C25H33NO3/c1-2-3-4-5-6-7-12-19(17-27)26-25(28)29-18-24-22-15-10-8-13-20(22)21-14-9-11-16-23(21)24/h8-11,13-16,19,24,27H,2-7,12,17-18H2,1H3,(H,26,28). The van der Waals surface area contributed by atoms with Crippen LogP contribution < -0.4 is 5.32 Å². The van der Waals surface area contributed by atoms with Crippen LogP contribution in [0.1, 0.15) is 68.9 Å². The summed E-state index contributed by atoms with van der Waals surface area (Å²) in [6, 6.07) is 16.4. The highest BCUT2D eigenvalue weighted by atomic mass is 16.5. The molecule has 0 saturated heterocycles. The van der Waals surface area contributed by atoms with Gasteiger partial charge in [0.25, 0.3) is 0 Å². The normalized spacial score (nSPS) is 13.6. The highest BCUT2D eigenvalue weighted by molar-refractivity contribution is 5.79. The average Bonchev–Trinajstić information content (AvgIpc) is 3.07. The highest BCUT2D eigenvalue weighted by Gasteiger charge is 2.29. The quantitative estimate of drug-likeness (QED) is 0.484. The minimum Gasteiger partial charge on any atom is -0.449 e. The Morgan fingerprint density at radius 3 is 2.17 bits per heavy atom. The largest absolute Gasteiger partial charge is 0.449 e. The van der Waals surface area contributed by atoms with Crippen molar-refractivity contribution in [2.75, 3.05) is 13.2 Å². The van der Waals surface area contributed by atoms with Crippen LogP contribution in [0.4, 0.5) is 4.79 Å². The lowest BCUT2D eigenvalue weighted by molar-refractivity contribution is 0.131. The van der Waals surface area contributed by atoms with E-state index < -0.39 is 6.09 Å². The van der Waals surface area contributed by atoms with Gasteiger partial charge in [0.15, 0.2) is 0 Å². The molecule has 0 spiro atoms. The lowest BCUT2D eigenvalue weighted by Crippen LogP contribution is -2.38. The smallest absolute Gasteiger partial charge is 0.407 e. The van der Waals surface area contributed by atoms with Crippen LogP contribution in [0, 0.1) is 0 Å². The number of aliphatic hydroxyl groups excluding tert-OH is 1. The van der Waals surface area contributed by atoms with E-state index in [1.54, 1.807) is 0 Å². The number of hydrogen-bond donors (Lipinski definition) is 2. The lowest BCUT2D eigenvalue weighted by atomic mass is 9.98. The van der Waals surface area contributed by atoms with Crippen LogP contribution >= 0.6 is 0 Å². The zero-order valence-corrected chi connectivity index (χ0v) is 17.4. The molecule has 29 heavy (non-hydrogen) atoms. The SMILES string of the molecule is CCCCCCCCC(CO)NC(=O)OCC1c2ccccc2-c2ccccc21. The molecule has 2 aromatic rings. The number of nitrogens with one attached hydrogen (secondary N) is 1. The predicted octanol–water partition coefficient (Wildman–Crippen LogP) is 5.64. The third-order valence-corrected chi connectivity index (χ3v) is 5.79. The van der Waals surface area contributed by atoms with Crippen molar-refractivity contribution in [1.29, 1.82) is 0 Å². The van der Waals surface area contributed by atoms with Gasteiger partial charge >= 0.3 is 6.09 Å². The van der Waals surface area contributed by atoms with Gasteiger partial charge in [-0.05, 0) is 28.7 Å². The second-order valence-corrected chi connectivity index (χ2v) is 7.91. The van der Waals surface area contributed by atoms with Crippen LogP contribution in [0.3, 0.4) is 0 Å². The van der Waals surface area contributed by atoms with Gasteiger partial charge in [0.1, 0.15) is 6.61 Å². The Bertz CT molecular complexity index is 744. The van der Waals surface area contributed by atoms with Crippen molar-refractivity contribution >= 4 is 6.09 Å². The molecule has 2 N–H and O–H groups in total. The Hall–Kier alpha value is -2.33. The molecule has 0 bridgehead atoms. The summed E-state index contributed by atoms with van der Waals surface area (Å²) in [4.78, 5) is 12.3. The molecule has 156 valence electrons. The van der Waals surface area contributed by atoms with E-state index in [4.69, 9.17) is 4.74 Å². The summed E-state index contributed by atoms with van der Waals surface area (Å²) in [6.45, 7) is 2.45. The first-order valence-electron chi connectivity index (χ1n) is 11.0. The number of hydrogen-bond acceptors (Lipinski definition) is 3. The number of ether oxygens (including phenoxy) is 1. The summed E-state index contributed by atoms with van der Waals surface area (Å²) in [5.41, 5.74) is 4.83. The highest BCUT2D eigenvalue weighted by Crippen LogP contribution is 2.44. The molecule has 0 fully saturated rings. The molecule has 4 heteroatoms. The van der Waals surface area contributed by atoms with Crippen molar-refractivity contribution in [3.63, 3.8) is 0 Å². The predicted molar refractivity (Wildman–Crippen MR) is 117 cm³/mol. The Morgan fingerprint density at radius 1 is 0.966 bits per heavy atom. The first-order chi connectivity index (χ1) is 14.2. The average molecular weight is 396 g/mol. The van der Waals surface area contributed by atoms with Crippen molar-refractivity contribution in [2.24, 2.45) is 0 Å². The van der Waals surface area contributed by atoms with Crippen LogP contribution in [0.15, 0.2) is 48.5 Å². The Labute approximate surface area is 174 Å². The Kier molecular flexibility index (Phi) is 8.12. The van der Waals surface area contributed by atoms with Crippen molar-refractivity contribution < 1.29 is 14.6 Å². The zero-order chi connectivity index (χ0) is 20.5. The Morgan fingerprint density at radius 2 is 1.55 bits per heavy atom. The van der Waals surface area contributed by atoms with E-state index in [1.165, 1.54) is 47.9 Å². The van der Waals surface area contributed by atoms with Gasteiger partial charge in [0, 0.05) is 5.92 Å². The maximum absolute atomic E-state index is 12.3. The Balaban J connectivity index is 1.49. The van der Waals surface area contributed by atoms with Gasteiger partial charge in [-0.1, -0.05) is 94.0 Å². The van der Waals surface area contributed by atoms with E-state index in [1.807, 2.05) is 24.3 Å². The number of fused-ring (bicyclic) bond motifs is 3. The molecule has 2 aromatic carbocycles. The summed E-state index contributed by atoms with van der Waals surface area (Å²) in [5, 5.41) is 12.4. The van der Waals surface area contributed by atoms with Gasteiger partial charge in [-0.25, -0.2) is 4.79 Å². The number of carbonyl (C=O) groups is 1. The third-order valence-electron chi connectivity index (χ3n) is 5.79. The van der Waals surface area contributed by atoms with Crippen LogP contribution in [0.2, 0.25) is 0 Å². The fourth-order valence-corrected chi connectivity index (χ4v) is 4.19. The molecular weight excluding hydrogens is 362 g/mol. The number of aliphatic hydroxyl groups is 1. The molecule has 1 aliphatic carbocycles. The van der Waals surface area contributed by atoms with Gasteiger partial charge in [-0.2, -0.15) is 0 Å². The molecule has 0 heterocycles. The van der Waals surface area contributed by atoms with Crippen molar-refractivity contribution in [2.45, 2.75) is 63.8 Å². The van der Waals surface area contributed by atoms with Gasteiger partial charge in [0.2, 0.25) is 0 Å². The van der Waals surface area contributed by atoms with Crippen LogP contribution in [0.5, 0.6) is 0 Å². The molecule has 1 aliphatic rings. The first-order valence-corrected chi connectivity index (χ1v) is 11.0. The molecule has 0 saturated carbocycles. The molecule has 0 aliphatic heterocycles. The number of carbonyl (C=O) groups excluding carboxylic acids is 1. The molecule has 1 atom stereocenters. The summed E-state index contributed by atoms with van der Waals surface area (Å²) in [7, 11) is 0. The summed E-state index contributed by atoms with van der Waals surface area (Å²) in [6.07, 6.45) is 7.49. The van der Waals surface area contributed by atoms with Crippen molar-refractivity contribution in [3.8, 4) is 11.1 Å². The lowest BCUT2D eigenvalue weighted by Gasteiger charge is -2.18. The van der Waals surface area contributed by atoms with Crippen molar-refractivity contribution in [3.05, 3.63) is 59.7 Å². The third kappa shape index (κ3) is 5.60. The van der Waals surface area contributed by atoms with Gasteiger partial charge in [-0.3, -0.25) is 0 Å². The molecule has 1 amide bonds. The number of unbranched alkanes of at least 4 members (excludes halogenated alkanes) is 5. The van der Waals surface area contributed by atoms with Crippen LogP contribution in [-0.4, -0.2) is 30.5 Å². The van der Waals surface area contributed by atoms with Gasteiger partial charge < -0.3 is 15.2 Å². The van der Waals surface area contributed by atoms with Crippen LogP contribution in [-0.2, 0) is 4.74 Å². The summed E-state index contributed by atoms with van der Waals surface area (Å²) < 4.78 is 5.57. The molecular formula is C25H33NO3. The summed E-state index contributed by atoms with van der Waals surface area (Å²) >= 11 is 0. The number of alkyl carbamates (subject to hydrolysis) is 1. The van der Waals surface area contributed by atoms with Gasteiger partial charge in [-0.15, -0.1) is 0 Å². The van der Waals surface area contributed by atoms with Crippen LogP contribution in [0.25, 0.3) is 11.1 Å². The maximum atomic E-state index is 12.3. The second-order valence-electron chi connectivity index (χ2n) is 7.91. The number of amides is 1. The number of benzene rings is 2. The van der Waals surface area contributed by atoms with Crippen molar-refractivity contribution in [1.82, 2.24) is 5.32 Å². The fourth-order valence-electron chi connectivity index (χ4n) is 4.19. The molecule has 0 radical (unpaired) electrons. The zero-order valence-electron chi connectivity index (χ0n) is 17.4. The van der Waals surface area contributed by atoms with E-state index in [0.717, 1.165) is 19.3 Å². The number of rotatable bonds is 11. The molecule has 4 nitrogen and oxygen atoms in total.